The second-order valence-electron chi connectivity index (χ2n) is 9.54. The van der Waals surface area contributed by atoms with Crippen LogP contribution in [-0.2, 0) is 11.2 Å². The molecule has 5 heteroatoms. The maximum atomic E-state index is 14.4. The van der Waals surface area contributed by atoms with E-state index in [2.05, 4.69) is 6.07 Å². The van der Waals surface area contributed by atoms with Crippen LogP contribution in [0.3, 0.4) is 0 Å². The summed E-state index contributed by atoms with van der Waals surface area (Å²) < 4.78 is 25.7. The molecule has 2 aliphatic rings. The van der Waals surface area contributed by atoms with Gasteiger partial charge in [0.25, 0.3) is 0 Å². The monoisotopic (exact) mass is 460 g/mol. The van der Waals surface area contributed by atoms with Crippen LogP contribution < -0.4 is 9.47 Å². The third-order valence-corrected chi connectivity index (χ3v) is 7.30. The second-order valence-corrected chi connectivity index (χ2v) is 9.54. The van der Waals surface area contributed by atoms with Crippen LogP contribution in [0.5, 0.6) is 11.5 Å². The molecule has 2 unspecified atom stereocenters. The Morgan fingerprint density at radius 1 is 1.09 bits per heavy atom. The number of aliphatic carboxylic acids is 1. The van der Waals surface area contributed by atoms with Crippen molar-refractivity contribution in [3.63, 3.8) is 0 Å². The average Bonchev–Trinajstić information content (AvgIpc) is 3.69. The van der Waals surface area contributed by atoms with E-state index in [1.54, 1.807) is 19.2 Å². The standard InChI is InChI=1S/C29H29FO4/c1-17(29(31)32)28(20-7-8-20)21-9-12-27-22(13-21)14-23(16-34-27)18-3-5-19(6-4-18)25-15-24(33-2)10-11-26(25)30/h3-6,9-13,15,17,20,23,28H,7-8,14,16H2,1-2H3,(H,31,32)/t17-,23?,28?/m1/s1. The number of carbonyl (C=O) groups is 1. The van der Waals surface area contributed by atoms with Gasteiger partial charge in [0.05, 0.1) is 19.6 Å². The van der Waals surface area contributed by atoms with Crippen molar-refractivity contribution in [2.75, 3.05) is 13.7 Å². The molecule has 0 aromatic heterocycles. The van der Waals surface area contributed by atoms with Gasteiger partial charge in [-0.1, -0.05) is 43.3 Å². The number of benzene rings is 3. The van der Waals surface area contributed by atoms with E-state index in [9.17, 15) is 14.3 Å². The van der Waals surface area contributed by atoms with Crippen molar-refractivity contribution >= 4 is 5.97 Å². The summed E-state index contributed by atoms with van der Waals surface area (Å²) in [5.41, 5.74) is 4.68. The molecule has 1 aliphatic heterocycles. The lowest BCUT2D eigenvalue weighted by Gasteiger charge is -2.28. The maximum Gasteiger partial charge on any atom is 0.306 e. The summed E-state index contributed by atoms with van der Waals surface area (Å²) in [6, 6.07) is 18.9. The number of fused-ring (bicyclic) bond motifs is 1. The van der Waals surface area contributed by atoms with Gasteiger partial charge in [-0.25, -0.2) is 4.39 Å². The number of carboxylic acid groups (broad SMARTS) is 1. The first-order chi connectivity index (χ1) is 16.4. The molecule has 1 aliphatic carbocycles. The largest absolute Gasteiger partial charge is 0.497 e. The van der Waals surface area contributed by atoms with Gasteiger partial charge in [0, 0.05) is 11.5 Å². The van der Waals surface area contributed by atoms with Crippen LogP contribution in [0.15, 0.2) is 60.7 Å². The highest BCUT2D eigenvalue weighted by Crippen LogP contribution is 2.48. The summed E-state index contributed by atoms with van der Waals surface area (Å²) in [5, 5.41) is 9.62. The fourth-order valence-corrected chi connectivity index (χ4v) is 5.20. The third-order valence-electron chi connectivity index (χ3n) is 7.30. The Labute approximate surface area is 199 Å². The van der Waals surface area contributed by atoms with E-state index in [0.717, 1.165) is 47.3 Å². The minimum absolute atomic E-state index is 0.0419. The number of hydrogen-bond donors (Lipinski definition) is 1. The summed E-state index contributed by atoms with van der Waals surface area (Å²) in [6.45, 7) is 2.40. The quantitative estimate of drug-likeness (QED) is 0.441. The van der Waals surface area contributed by atoms with E-state index >= 15 is 0 Å². The molecule has 5 rings (SSSR count). The molecule has 0 saturated heterocycles. The first-order valence-corrected chi connectivity index (χ1v) is 11.9. The van der Waals surface area contributed by atoms with Crippen molar-refractivity contribution in [2.24, 2.45) is 11.8 Å². The summed E-state index contributed by atoms with van der Waals surface area (Å²) in [6.07, 6.45) is 3.02. The zero-order valence-corrected chi connectivity index (χ0v) is 19.5. The van der Waals surface area contributed by atoms with Gasteiger partial charge in [0.15, 0.2) is 0 Å². The zero-order valence-electron chi connectivity index (χ0n) is 19.5. The van der Waals surface area contributed by atoms with Gasteiger partial charge in [-0.15, -0.1) is 0 Å². The highest BCUT2D eigenvalue weighted by atomic mass is 19.1. The number of halogens is 1. The van der Waals surface area contributed by atoms with Crippen molar-refractivity contribution in [3.05, 3.63) is 83.2 Å². The molecule has 0 spiro atoms. The number of methoxy groups -OCH3 is 1. The van der Waals surface area contributed by atoms with Crippen LogP contribution in [0.1, 0.15) is 48.3 Å². The molecule has 34 heavy (non-hydrogen) atoms. The molecule has 1 heterocycles. The minimum atomic E-state index is -0.740. The van der Waals surface area contributed by atoms with Crippen LogP contribution in [0, 0.1) is 17.7 Å². The first-order valence-electron chi connectivity index (χ1n) is 11.9. The molecular weight excluding hydrogens is 431 g/mol. The van der Waals surface area contributed by atoms with E-state index in [1.165, 1.54) is 6.07 Å². The van der Waals surface area contributed by atoms with Gasteiger partial charge in [0.1, 0.15) is 17.3 Å². The molecule has 3 aromatic rings. The Bertz CT molecular complexity index is 1200. The maximum absolute atomic E-state index is 14.4. The minimum Gasteiger partial charge on any atom is -0.497 e. The third kappa shape index (κ3) is 4.39. The summed E-state index contributed by atoms with van der Waals surface area (Å²) >= 11 is 0. The van der Waals surface area contributed by atoms with Crippen molar-refractivity contribution in [3.8, 4) is 22.6 Å². The van der Waals surface area contributed by atoms with Gasteiger partial charge >= 0.3 is 5.97 Å². The second kappa shape index (κ2) is 9.13. The van der Waals surface area contributed by atoms with Crippen molar-refractivity contribution < 1.29 is 23.8 Å². The molecule has 1 N–H and O–H groups in total. The van der Waals surface area contributed by atoms with E-state index in [-0.39, 0.29) is 17.7 Å². The van der Waals surface area contributed by atoms with E-state index in [4.69, 9.17) is 9.47 Å². The van der Waals surface area contributed by atoms with Crippen LogP contribution in [0.2, 0.25) is 0 Å². The average molecular weight is 461 g/mol. The highest BCUT2D eigenvalue weighted by Gasteiger charge is 2.39. The van der Waals surface area contributed by atoms with Gasteiger partial charge in [-0.05, 0) is 77.6 Å². The number of rotatable bonds is 7. The predicted octanol–water partition coefficient (Wildman–Crippen LogP) is 6.43. The molecule has 0 amide bonds. The zero-order chi connectivity index (χ0) is 23.8. The Morgan fingerprint density at radius 3 is 2.53 bits per heavy atom. The molecule has 4 nitrogen and oxygen atoms in total. The van der Waals surface area contributed by atoms with E-state index in [0.29, 0.717) is 23.8 Å². The lowest BCUT2D eigenvalue weighted by atomic mass is 9.81. The Balaban J connectivity index is 1.37. The summed E-state index contributed by atoms with van der Waals surface area (Å²) in [7, 11) is 1.57. The topological polar surface area (TPSA) is 55.8 Å². The molecule has 1 fully saturated rings. The molecule has 0 bridgehead atoms. The van der Waals surface area contributed by atoms with Crippen molar-refractivity contribution in [2.45, 2.75) is 38.0 Å². The van der Waals surface area contributed by atoms with Gasteiger partial charge < -0.3 is 14.6 Å². The highest BCUT2D eigenvalue weighted by molar-refractivity contribution is 5.71. The first kappa shape index (κ1) is 22.5. The van der Waals surface area contributed by atoms with E-state index in [1.807, 2.05) is 43.3 Å². The SMILES string of the molecule is COc1ccc(F)c(-c2ccc(C3COc4ccc(C(C5CC5)[C@@H](C)C(=O)O)cc4C3)cc2)c1. The molecular formula is C29H29FO4. The summed E-state index contributed by atoms with van der Waals surface area (Å²) in [5.74, 6) is 0.754. The molecule has 3 aromatic carbocycles. The number of ether oxygens (including phenoxy) is 2. The fraction of sp³-hybridized carbons (Fsp3) is 0.345. The van der Waals surface area contributed by atoms with Crippen molar-refractivity contribution in [1.29, 1.82) is 0 Å². The lowest BCUT2D eigenvalue weighted by molar-refractivity contribution is -0.142. The number of hydrogen-bond acceptors (Lipinski definition) is 3. The number of carboxylic acids is 1. The van der Waals surface area contributed by atoms with Gasteiger partial charge in [0.2, 0.25) is 0 Å². The normalized spacial score (nSPS) is 19.0. The Hall–Kier alpha value is -3.34. The van der Waals surface area contributed by atoms with Crippen LogP contribution in [-0.4, -0.2) is 24.8 Å². The Kier molecular flexibility index (Phi) is 6.03. The molecule has 0 radical (unpaired) electrons. The predicted molar refractivity (Wildman–Crippen MR) is 129 cm³/mol. The molecule has 1 saturated carbocycles. The van der Waals surface area contributed by atoms with Gasteiger partial charge in [-0.2, -0.15) is 0 Å². The van der Waals surface area contributed by atoms with Crippen LogP contribution in [0.4, 0.5) is 4.39 Å². The van der Waals surface area contributed by atoms with Crippen molar-refractivity contribution in [1.82, 2.24) is 0 Å². The molecule has 176 valence electrons. The van der Waals surface area contributed by atoms with Crippen LogP contribution >= 0.6 is 0 Å². The smallest absolute Gasteiger partial charge is 0.306 e. The van der Waals surface area contributed by atoms with Gasteiger partial charge in [-0.3, -0.25) is 4.79 Å². The fourth-order valence-electron chi connectivity index (χ4n) is 5.20. The Morgan fingerprint density at radius 2 is 1.85 bits per heavy atom. The summed E-state index contributed by atoms with van der Waals surface area (Å²) in [4.78, 5) is 11.7. The molecule has 3 atom stereocenters. The lowest BCUT2D eigenvalue weighted by Crippen LogP contribution is -2.22. The van der Waals surface area contributed by atoms with Crippen LogP contribution in [0.25, 0.3) is 11.1 Å². The van der Waals surface area contributed by atoms with E-state index < -0.39 is 11.9 Å².